The molecular weight excluding hydrogens is 304 g/mol. The molecule has 3 atom stereocenters. The number of aliphatic imine (C=N–C) groups is 1. The summed E-state index contributed by atoms with van der Waals surface area (Å²) in [6, 6.07) is 0. The quantitative estimate of drug-likeness (QED) is 0.485. The number of ether oxygens (including phenoxy) is 1. The minimum atomic E-state index is -0.782. The Morgan fingerprint density at radius 1 is 1.61 bits per heavy atom. The molecule has 1 aliphatic heterocycles. The van der Waals surface area contributed by atoms with Crippen LogP contribution in [0.2, 0.25) is 0 Å². The van der Waals surface area contributed by atoms with E-state index in [9.17, 15) is 15.0 Å². The van der Waals surface area contributed by atoms with Crippen molar-refractivity contribution in [2.24, 2.45) is 4.99 Å². The van der Waals surface area contributed by atoms with E-state index in [-0.39, 0.29) is 13.0 Å². The lowest BCUT2D eigenvalue weighted by molar-refractivity contribution is -0.0432. The van der Waals surface area contributed by atoms with Gasteiger partial charge in [0.2, 0.25) is 0 Å². The molecule has 3 rings (SSSR count). The van der Waals surface area contributed by atoms with E-state index in [1.807, 2.05) is 0 Å². The third-order valence-electron chi connectivity index (χ3n) is 3.54. The van der Waals surface area contributed by atoms with E-state index in [1.165, 1.54) is 6.33 Å². The minimum Gasteiger partial charge on any atom is -0.394 e. The van der Waals surface area contributed by atoms with Gasteiger partial charge in [0.1, 0.15) is 12.3 Å². The average molecular weight is 322 g/mol. The van der Waals surface area contributed by atoms with Crippen LogP contribution in [0.15, 0.2) is 16.1 Å². The van der Waals surface area contributed by atoms with Crippen molar-refractivity contribution in [3.05, 3.63) is 16.8 Å². The van der Waals surface area contributed by atoms with E-state index in [0.717, 1.165) is 0 Å². The summed E-state index contributed by atoms with van der Waals surface area (Å²) in [7, 11) is 3.61. The molecule has 0 amide bonds. The second-order valence-corrected chi connectivity index (χ2v) is 5.54. The van der Waals surface area contributed by atoms with Gasteiger partial charge in [0.25, 0.3) is 0 Å². The van der Waals surface area contributed by atoms with Gasteiger partial charge in [-0.2, -0.15) is 4.98 Å². The Labute approximate surface area is 131 Å². The number of H-pyrrole nitrogens is 1. The highest BCUT2D eigenvalue weighted by molar-refractivity contribution is 5.82. The highest BCUT2D eigenvalue weighted by atomic mass is 16.5. The molecule has 2 aromatic heterocycles. The van der Waals surface area contributed by atoms with Crippen LogP contribution < -0.4 is 5.69 Å². The van der Waals surface area contributed by atoms with Crippen LogP contribution in [0.25, 0.3) is 11.2 Å². The number of hydrogen-bond acceptors (Lipinski definition) is 7. The Bertz CT molecular complexity index is 782. The number of hydrogen-bond donors (Lipinski definition) is 3. The molecule has 0 spiro atoms. The first-order valence-corrected chi connectivity index (χ1v) is 7.11. The van der Waals surface area contributed by atoms with Crippen LogP contribution in [0.3, 0.4) is 0 Å². The summed E-state index contributed by atoms with van der Waals surface area (Å²) in [4.78, 5) is 28.4. The Morgan fingerprint density at radius 3 is 3.04 bits per heavy atom. The zero-order valence-corrected chi connectivity index (χ0v) is 12.7. The second kappa shape index (κ2) is 6.07. The SMILES string of the molecule is CN(C)/C=N/c1[nH]c(=O)nc2c1ncn2[C@H]1C[C@H](O)[C@@H](CO)O1. The monoisotopic (exact) mass is 322 g/mol. The van der Waals surface area contributed by atoms with E-state index in [1.54, 1.807) is 29.9 Å². The van der Waals surface area contributed by atoms with Gasteiger partial charge in [-0.15, -0.1) is 0 Å². The maximum absolute atomic E-state index is 11.8. The lowest BCUT2D eigenvalue weighted by Crippen LogP contribution is -2.24. The van der Waals surface area contributed by atoms with E-state index in [4.69, 9.17) is 4.74 Å². The van der Waals surface area contributed by atoms with Crippen molar-refractivity contribution >= 4 is 23.3 Å². The highest BCUT2D eigenvalue weighted by Gasteiger charge is 2.35. The van der Waals surface area contributed by atoms with Gasteiger partial charge in [0.05, 0.1) is 25.4 Å². The standard InChI is InChI=1S/C13H18N6O4/c1-18(2)5-15-11-10-12(17-13(22)16-11)19(6-14-10)9-3-7(21)8(4-20)23-9/h5-9,20-21H,3-4H2,1-2H3,(H,16,17,22)/b15-5+/t7-,8+,9+/m0/s1. The molecule has 0 aromatic carbocycles. The van der Waals surface area contributed by atoms with Crippen LogP contribution >= 0.6 is 0 Å². The van der Waals surface area contributed by atoms with Gasteiger partial charge < -0.3 is 19.8 Å². The third-order valence-corrected chi connectivity index (χ3v) is 3.54. The number of imidazole rings is 1. The molecule has 1 saturated heterocycles. The first kappa shape index (κ1) is 15.6. The van der Waals surface area contributed by atoms with Crippen LogP contribution in [-0.4, -0.2) is 73.9 Å². The van der Waals surface area contributed by atoms with Crippen LogP contribution in [0.5, 0.6) is 0 Å². The van der Waals surface area contributed by atoms with Crippen molar-refractivity contribution in [1.29, 1.82) is 0 Å². The smallest absolute Gasteiger partial charge is 0.348 e. The molecule has 0 unspecified atom stereocenters. The van der Waals surface area contributed by atoms with Gasteiger partial charge in [-0.25, -0.2) is 14.8 Å². The summed E-state index contributed by atoms with van der Waals surface area (Å²) in [5, 5.41) is 19.0. The fraction of sp³-hybridized carbons (Fsp3) is 0.538. The first-order chi connectivity index (χ1) is 11.0. The lowest BCUT2D eigenvalue weighted by Gasteiger charge is -2.13. The molecule has 0 aliphatic carbocycles. The summed E-state index contributed by atoms with van der Waals surface area (Å²) in [5.74, 6) is 0.296. The molecule has 0 bridgehead atoms. The van der Waals surface area contributed by atoms with Crippen molar-refractivity contribution in [2.75, 3.05) is 20.7 Å². The summed E-state index contributed by atoms with van der Waals surface area (Å²) < 4.78 is 7.14. The Hall–Kier alpha value is -2.30. The molecule has 3 N–H and O–H groups in total. The van der Waals surface area contributed by atoms with Crippen molar-refractivity contribution in [1.82, 2.24) is 24.4 Å². The molecule has 1 fully saturated rings. The third kappa shape index (κ3) is 2.96. The summed E-state index contributed by atoms with van der Waals surface area (Å²) in [5.41, 5.74) is 0.186. The maximum Gasteiger partial charge on any atom is 0.348 e. The number of aromatic nitrogens is 4. The molecule has 2 aromatic rings. The summed E-state index contributed by atoms with van der Waals surface area (Å²) >= 11 is 0. The van der Waals surface area contributed by atoms with Crippen molar-refractivity contribution in [3.63, 3.8) is 0 Å². The molecule has 10 nitrogen and oxygen atoms in total. The molecule has 3 heterocycles. The minimum absolute atomic E-state index is 0.279. The average Bonchev–Trinajstić information content (AvgIpc) is 3.07. The molecule has 124 valence electrons. The van der Waals surface area contributed by atoms with Gasteiger partial charge >= 0.3 is 5.69 Å². The first-order valence-electron chi connectivity index (χ1n) is 7.11. The normalized spacial score (nSPS) is 24.8. The number of aromatic amines is 1. The van der Waals surface area contributed by atoms with Crippen molar-refractivity contribution in [2.45, 2.75) is 24.9 Å². The fourth-order valence-corrected chi connectivity index (χ4v) is 2.44. The zero-order chi connectivity index (χ0) is 16.6. The van der Waals surface area contributed by atoms with Gasteiger partial charge in [0, 0.05) is 20.5 Å². The Balaban J connectivity index is 2.03. The number of rotatable bonds is 4. The number of nitrogens with one attached hydrogen (secondary N) is 1. The number of aliphatic hydroxyl groups excluding tert-OH is 2. The van der Waals surface area contributed by atoms with E-state index < -0.39 is 24.1 Å². The summed E-state index contributed by atoms with van der Waals surface area (Å²) in [6.07, 6.45) is 1.31. The highest BCUT2D eigenvalue weighted by Crippen LogP contribution is 2.31. The number of nitrogens with zero attached hydrogens (tertiary/aromatic N) is 5. The summed E-state index contributed by atoms with van der Waals surface area (Å²) in [6.45, 7) is -0.281. The number of fused-ring (bicyclic) bond motifs is 1. The maximum atomic E-state index is 11.8. The predicted octanol–water partition coefficient (Wildman–Crippen LogP) is -1.02. The van der Waals surface area contributed by atoms with E-state index >= 15 is 0 Å². The largest absolute Gasteiger partial charge is 0.394 e. The van der Waals surface area contributed by atoms with Crippen molar-refractivity contribution in [3.8, 4) is 0 Å². The van der Waals surface area contributed by atoms with Crippen LogP contribution in [0.1, 0.15) is 12.6 Å². The molecule has 1 aliphatic rings. The molecular formula is C13H18N6O4. The second-order valence-electron chi connectivity index (χ2n) is 5.54. The van der Waals surface area contributed by atoms with Crippen LogP contribution in [0, 0.1) is 0 Å². The van der Waals surface area contributed by atoms with Crippen LogP contribution in [-0.2, 0) is 4.74 Å². The van der Waals surface area contributed by atoms with E-state index in [0.29, 0.717) is 17.0 Å². The van der Waals surface area contributed by atoms with Gasteiger partial charge in [-0.1, -0.05) is 0 Å². The number of aliphatic hydroxyl groups is 2. The Kier molecular flexibility index (Phi) is 4.11. The van der Waals surface area contributed by atoms with Crippen LogP contribution in [0.4, 0.5) is 5.82 Å². The lowest BCUT2D eigenvalue weighted by atomic mass is 10.2. The zero-order valence-electron chi connectivity index (χ0n) is 12.7. The predicted molar refractivity (Wildman–Crippen MR) is 81.6 cm³/mol. The molecule has 0 saturated carbocycles. The van der Waals surface area contributed by atoms with E-state index in [2.05, 4.69) is 19.9 Å². The molecule has 0 radical (unpaired) electrons. The Morgan fingerprint density at radius 2 is 2.39 bits per heavy atom. The van der Waals surface area contributed by atoms with Gasteiger partial charge in [-0.05, 0) is 0 Å². The molecule has 10 heteroatoms. The van der Waals surface area contributed by atoms with Gasteiger partial charge in [-0.3, -0.25) is 9.55 Å². The topological polar surface area (TPSA) is 129 Å². The fourth-order valence-electron chi connectivity index (χ4n) is 2.44. The van der Waals surface area contributed by atoms with Crippen molar-refractivity contribution < 1.29 is 14.9 Å². The van der Waals surface area contributed by atoms with Gasteiger partial charge in [0.15, 0.2) is 17.0 Å². The molecule has 23 heavy (non-hydrogen) atoms.